The van der Waals surface area contributed by atoms with Crippen LogP contribution in [0.3, 0.4) is 0 Å². The first-order valence-electron chi connectivity index (χ1n) is 16.9. The largest absolute Gasteiger partial charge is 0.395 e. The summed E-state index contributed by atoms with van der Waals surface area (Å²) in [4.78, 5) is 14.9. The molecule has 264 valence electrons. The monoisotopic (exact) mass is 676 g/mol. The highest BCUT2D eigenvalue weighted by molar-refractivity contribution is 7.78. The number of aromatic amines is 1. The number of carbonyl (C=O) groups is 1. The number of aliphatic hydroxyl groups excluding tert-OH is 2. The molecule has 2 aromatic heterocycles. The maximum Gasteiger partial charge on any atom is 0.288 e. The van der Waals surface area contributed by atoms with Crippen molar-refractivity contribution in [3.8, 4) is 5.75 Å². The standard InChI is InChI=1S/C34H56N6O6S/c1-7-8-9-10-11-12-13-14-19-28(31(43)39(20-22-41)21-23-42)45-25-26-17-15-16-18-27(26)46-47(44)38-34(5,6)32-36-35-30-24-29(33(2,3)4)37-40(30)32/h15-18,24,28,37-38,41-42H,7-14,19-23,25H2,1-6H3. The first-order valence-corrected chi connectivity index (χ1v) is 18.0. The van der Waals surface area contributed by atoms with Gasteiger partial charge < -0.3 is 24.0 Å². The van der Waals surface area contributed by atoms with Gasteiger partial charge in [-0.1, -0.05) is 97.3 Å². The molecule has 3 rings (SSSR count). The lowest BCUT2D eigenvalue weighted by Crippen LogP contribution is -2.43. The molecule has 2 unspecified atom stereocenters. The molecular formula is C34H56N6O6S. The van der Waals surface area contributed by atoms with Crippen molar-refractivity contribution in [2.45, 2.75) is 123 Å². The van der Waals surface area contributed by atoms with Crippen LogP contribution in [0.2, 0.25) is 0 Å². The van der Waals surface area contributed by atoms with Crippen LogP contribution in [0.1, 0.15) is 116 Å². The minimum atomic E-state index is -1.97. The number of aromatic nitrogens is 4. The van der Waals surface area contributed by atoms with Crippen molar-refractivity contribution in [2.24, 2.45) is 0 Å². The molecule has 13 heteroatoms. The molecule has 2 atom stereocenters. The number of carbonyl (C=O) groups excluding carboxylic acids is 1. The smallest absolute Gasteiger partial charge is 0.288 e. The Kier molecular flexibility index (Phi) is 15.3. The Morgan fingerprint density at radius 2 is 1.64 bits per heavy atom. The second kappa shape index (κ2) is 18.6. The zero-order valence-electron chi connectivity index (χ0n) is 29.1. The number of hydrogen-bond donors (Lipinski definition) is 4. The highest BCUT2D eigenvalue weighted by atomic mass is 32.2. The number of nitrogens with zero attached hydrogens (tertiary/aromatic N) is 4. The number of benzene rings is 1. The summed E-state index contributed by atoms with van der Waals surface area (Å²) in [5.41, 5.74) is 1.31. The van der Waals surface area contributed by atoms with E-state index in [0.717, 1.165) is 25.0 Å². The van der Waals surface area contributed by atoms with E-state index in [9.17, 15) is 19.2 Å². The third-order valence-corrected chi connectivity index (χ3v) is 9.13. The summed E-state index contributed by atoms with van der Waals surface area (Å²) in [5, 5.41) is 31.0. The Bertz CT molecular complexity index is 1400. The zero-order chi connectivity index (χ0) is 34.5. The number of H-pyrrole nitrogens is 1. The second-order valence-electron chi connectivity index (χ2n) is 13.6. The number of rotatable bonds is 22. The first kappa shape index (κ1) is 38.6. The maximum atomic E-state index is 13.4. The molecule has 3 aromatic rings. The molecule has 0 bridgehead atoms. The van der Waals surface area contributed by atoms with Gasteiger partial charge in [0, 0.05) is 35.8 Å². The fraction of sp³-hybridized carbons (Fsp3) is 0.676. The summed E-state index contributed by atoms with van der Waals surface area (Å²) >= 11 is -1.97. The minimum Gasteiger partial charge on any atom is -0.395 e. The van der Waals surface area contributed by atoms with Crippen molar-refractivity contribution in [1.29, 1.82) is 0 Å². The minimum absolute atomic E-state index is 0.0547. The molecule has 0 radical (unpaired) electrons. The summed E-state index contributed by atoms with van der Waals surface area (Å²) in [7, 11) is 0. The highest BCUT2D eigenvalue weighted by Gasteiger charge is 2.32. The molecule has 0 aliphatic heterocycles. The van der Waals surface area contributed by atoms with E-state index in [1.165, 1.54) is 37.0 Å². The Balaban J connectivity index is 1.67. The average Bonchev–Trinajstić information content (AvgIpc) is 3.62. The van der Waals surface area contributed by atoms with Crippen molar-refractivity contribution in [3.63, 3.8) is 0 Å². The summed E-state index contributed by atoms with van der Waals surface area (Å²) in [6.45, 7) is 12.1. The maximum absolute atomic E-state index is 13.4. The van der Waals surface area contributed by atoms with Crippen LogP contribution in [0, 0.1) is 0 Å². The lowest BCUT2D eigenvalue weighted by atomic mass is 9.93. The SMILES string of the molecule is CCCCCCCCCCC(OCc1ccccc1OS(=O)NC(C)(C)c1nnc2cc(C(C)(C)C)[nH]n12)C(=O)N(CCO)CCO. The Morgan fingerprint density at radius 3 is 2.28 bits per heavy atom. The van der Waals surface area contributed by atoms with Crippen LogP contribution in [-0.4, -0.2) is 77.4 Å². The van der Waals surface area contributed by atoms with Crippen molar-refractivity contribution in [2.75, 3.05) is 26.3 Å². The molecule has 2 heterocycles. The summed E-state index contributed by atoms with van der Waals surface area (Å²) in [6.07, 6.45) is 8.84. The number of ether oxygens (including phenoxy) is 1. The van der Waals surface area contributed by atoms with Gasteiger partial charge in [-0.3, -0.25) is 9.89 Å². The molecule has 4 N–H and O–H groups in total. The number of amides is 1. The number of para-hydroxylation sites is 1. The fourth-order valence-corrected chi connectivity index (χ4v) is 6.22. The van der Waals surface area contributed by atoms with E-state index in [4.69, 9.17) is 8.92 Å². The zero-order valence-corrected chi connectivity index (χ0v) is 29.9. The number of nitrogens with one attached hydrogen (secondary N) is 2. The molecule has 0 aliphatic carbocycles. The molecule has 0 spiro atoms. The van der Waals surface area contributed by atoms with Gasteiger partial charge >= 0.3 is 0 Å². The summed E-state index contributed by atoms with van der Waals surface area (Å²) < 4.78 is 30.2. The molecule has 47 heavy (non-hydrogen) atoms. The molecule has 12 nitrogen and oxygen atoms in total. The number of hydrogen-bond acceptors (Lipinski definition) is 8. The lowest BCUT2D eigenvalue weighted by Gasteiger charge is -2.27. The van der Waals surface area contributed by atoms with Crippen LogP contribution in [0.4, 0.5) is 0 Å². The summed E-state index contributed by atoms with van der Waals surface area (Å²) in [5.74, 6) is 0.644. The van der Waals surface area contributed by atoms with E-state index in [1.54, 1.807) is 16.6 Å². The first-order chi connectivity index (χ1) is 22.4. The van der Waals surface area contributed by atoms with Crippen LogP contribution in [0.5, 0.6) is 5.75 Å². The van der Waals surface area contributed by atoms with E-state index in [0.29, 0.717) is 29.2 Å². The third kappa shape index (κ3) is 11.7. The van der Waals surface area contributed by atoms with Crippen LogP contribution in [-0.2, 0) is 38.4 Å². The molecule has 1 amide bonds. The average molecular weight is 677 g/mol. The number of fused-ring (bicyclic) bond motifs is 1. The Hall–Kier alpha value is -2.84. The molecule has 0 saturated heterocycles. The van der Waals surface area contributed by atoms with Crippen LogP contribution in [0.15, 0.2) is 30.3 Å². The second-order valence-corrected chi connectivity index (χ2v) is 14.5. The predicted octanol–water partition coefficient (Wildman–Crippen LogP) is 5.07. The Labute approximate surface area is 282 Å². The predicted molar refractivity (Wildman–Crippen MR) is 184 cm³/mol. The molecule has 0 saturated carbocycles. The van der Waals surface area contributed by atoms with Gasteiger partial charge in [0.15, 0.2) is 11.5 Å². The van der Waals surface area contributed by atoms with Crippen molar-refractivity contribution >= 4 is 22.8 Å². The quantitative estimate of drug-likeness (QED) is 0.108. The highest BCUT2D eigenvalue weighted by Crippen LogP contribution is 2.26. The van der Waals surface area contributed by atoms with Gasteiger partial charge in [-0.15, -0.1) is 10.2 Å². The topological polar surface area (TPSA) is 154 Å². The summed E-state index contributed by atoms with van der Waals surface area (Å²) in [6, 6.07) is 9.08. The van der Waals surface area contributed by atoms with Crippen molar-refractivity contribution < 1.29 is 28.1 Å². The van der Waals surface area contributed by atoms with Crippen LogP contribution >= 0.6 is 0 Å². The van der Waals surface area contributed by atoms with E-state index in [-0.39, 0.29) is 44.2 Å². The van der Waals surface area contributed by atoms with Gasteiger partial charge in [0.05, 0.1) is 25.4 Å². The third-order valence-electron chi connectivity index (χ3n) is 8.12. The van der Waals surface area contributed by atoms with Gasteiger partial charge in [0.2, 0.25) is 0 Å². The number of unbranched alkanes of at least 4 members (excludes halogenated alkanes) is 7. The van der Waals surface area contributed by atoms with Crippen LogP contribution in [0.25, 0.3) is 5.65 Å². The van der Waals surface area contributed by atoms with E-state index < -0.39 is 22.9 Å². The Morgan fingerprint density at radius 1 is 1.00 bits per heavy atom. The van der Waals surface area contributed by atoms with Crippen molar-refractivity contribution in [3.05, 3.63) is 47.4 Å². The van der Waals surface area contributed by atoms with E-state index in [2.05, 4.69) is 47.7 Å². The molecule has 0 fully saturated rings. The van der Waals surface area contributed by atoms with E-state index in [1.807, 2.05) is 32.0 Å². The fourth-order valence-electron chi connectivity index (χ4n) is 5.34. The molecular weight excluding hydrogens is 620 g/mol. The number of aliphatic hydroxyl groups is 2. The molecule has 0 aliphatic rings. The van der Waals surface area contributed by atoms with Gasteiger partial charge in [0.25, 0.3) is 17.2 Å². The van der Waals surface area contributed by atoms with Crippen molar-refractivity contribution in [1.82, 2.24) is 29.4 Å². The normalized spacial score (nSPS) is 13.6. The van der Waals surface area contributed by atoms with E-state index >= 15 is 0 Å². The van der Waals surface area contributed by atoms with Crippen LogP contribution < -0.4 is 8.91 Å². The van der Waals surface area contributed by atoms with Gasteiger partial charge in [-0.2, -0.15) is 8.93 Å². The lowest BCUT2D eigenvalue weighted by molar-refractivity contribution is -0.146. The molecule has 1 aromatic carbocycles. The van der Waals surface area contributed by atoms with Gasteiger partial charge in [-0.05, 0) is 26.3 Å². The van der Waals surface area contributed by atoms with Gasteiger partial charge in [-0.25, -0.2) is 4.52 Å². The van der Waals surface area contributed by atoms with Gasteiger partial charge in [0.1, 0.15) is 11.9 Å².